The summed E-state index contributed by atoms with van der Waals surface area (Å²) in [5, 5.41) is 1.59. The van der Waals surface area contributed by atoms with Gasteiger partial charge in [0.25, 0.3) is 0 Å². The fourth-order valence-corrected chi connectivity index (χ4v) is 5.17. The lowest BCUT2D eigenvalue weighted by Gasteiger charge is -2.32. The van der Waals surface area contributed by atoms with Gasteiger partial charge in [0.05, 0.1) is 5.39 Å². The van der Waals surface area contributed by atoms with E-state index < -0.39 is 0 Å². The lowest BCUT2D eigenvalue weighted by atomic mass is 9.85. The molecule has 1 aliphatic heterocycles. The van der Waals surface area contributed by atoms with Crippen molar-refractivity contribution < 1.29 is 0 Å². The number of fused-ring (bicyclic) bond motifs is 2. The van der Waals surface area contributed by atoms with Gasteiger partial charge < -0.3 is 4.90 Å². The Kier molecular flexibility index (Phi) is 3.54. The molecule has 0 bridgehead atoms. The first kappa shape index (κ1) is 13.8. The molecule has 21 heavy (non-hydrogen) atoms. The second-order valence-electron chi connectivity index (χ2n) is 6.20. The van der Waals surface area contributed by atoms with Crippen molar-refractivity contribution in [1.29, 1.82) is 0 Å². The predicted octanol–water partition coefficient (Wildman–Crippen LogP) is 4.68. The van der Waals surface area contributed by atoms with Gasteiger partial charge in [-0.2, -0.15) is 4.98 Å². The minimum absolute atomic E-state index is 0.390. The fourth-order valence-electron chi connectivity index (χ4n) is 3.99. The van der Waals surface area contributed by atoms with Crippen molar-refractivity contribution in [1.82, 2.24) is 9.97 Å². The number of hydrogen-bond donors (Lipinski definition) is 0. The summed E-state index contributed by atoms with van der Waals surface area (Å²) >= 11 is 7.94. The molecule has 2 atom stereocenters. The van der Waals surface area contributed by atoms with Crippen LogP contribution in [0.3, 0.4) is 0 Å². The van der Waals surface area contributed by atoms with E-state index in [4.69, 9.17) is 11.6 Å². The van der Waals surface area contributed by atoms with Crippen LogP contribution in [0.25, 0.3) is 10.2 Å². The first-order valence-electron chi connectivity index (χ1n) is 7.99. The highest BCUT2D eigenvalue weighted by atomic mass is 35.5. The van der Waals surface area contributed by atoms with E-state index in [-0.39, 0.29) is 0 Å². The van der Waals surface area contributed by atoms with E-state index in [0.29, 0.717) is 11.3 Å². The Morgan fingerprint density at radius 1 is 1.29 bits per heavy atom. The van der Waals surface area contributed by atoms with Crippen LogP contribution in [-0.4, -0.2) is 22.6 Å². The predicted molar refractivity (Wildman–Crippen MR) is 89.5 cm³/mol. The maximum absolute atomic E-state index is 6.19. The molecule has 3 heterocycles. The van der Waals surface area contributed by atoms with E-state index in [1.165, 1.54) is 42.4 Å². The van der Waals surface area contributed by atoms with Crippen molar-refractivity contribution in [2.75, 3.05) is 11.4 Å². The average molecular weight is 322 g/mol. The monoisotopic (exact) mass is 321 g/mol. The Labute approximate surface area is 134 Å². The molecule has 3 nitrogen and oxygen atoms in total. The van der Waals surface area contributed by atoms with Crippen molar-refractivity contribution in [3.8, 4) is 0 Å². The van der Waals surface area contributed by atoms with Gasteiger partial charge in [0, 0.05) is 17.5 Å². The molecule has 2 unspecified atom stereocenters. The zero-order chi connectivity index (χ0) is 14.4. The molecule has 1 saturated heterocycles. The van der Waals surface area contributed by atoms with Gasteiger partial charge in [-0.1, -0.05) is 19.8 Å². The Bertz CT molecular complexity index is 669. The molecular formula is C16H20ClN3S. The van der Waals surface area contributed by atoms with Crippen molar-refractivity contribution >= 4 is 39.0 Å². The molecule has 2 aromatic heterocycles. The largest absolute Gasteiger partial charge is 0.353 e. The van der Waals surface area contributed by atoms with Crippen molar-refractivity contribution in [2.24, 2.45) is 5.92 Å². The lowest BCUT2D eigenvalue weighted by molar-refractivity contribution is 0.341. The summed E-state index contributed by atoms with van der Waals surface area (Å²) in [6, 6.07) is 2.93. The summed E-state index contributed by atoms with van der Waals surface area (Å²) in [5.41, 5.74) is 0. The lowest BCUT2D eigenvalue weighted by Crippen LogP contribution is -2.35. The van der Waals surface area contributed by atoms with Gasteiger partial charge in [-0.25, -0.2) is 4.98 Å². The third-order valence-electron chi connectivity index (χ3n) is 5.03. The van der Waals surface area contributed by atoms with E-state index in [2.05, 4.69) is 27.9 Å². The maximum atomic E-state index is 6.19. The molecule has 0 aromatic carbocycles. The first-order valence-corrected chi connectivity index (χ1v) is 9.18. The summed E-state index contributed by atoms with van der Waals surface area (Å²) in [7, 11) is 0. The fraction of sp³-hybridized carbons (Fsp3) is 0.625. The molecule has 0 radical (unpaired) electrons. The zero-order valence-electron chi connectivity index (χ0n) is 12.3. The molecule has 4 rings (SSSR count). The molecule has 1 saturated carbocycles. The van der Waals surface area contributed by atoms with Crippen molar-refractivity contribution in [3.63, 3.8) is 0 Å². The van der Waals surface area contributed by atoms with Gasteiger partial charge >= 0.3 is 0 Å². The second kappa shape index (κ2) is 5.40. The Morgan fingerprint density at radius 3 is 3.00 bits per heavy atom. The molecular weight excluding hydrogens is 302 g/mol. The van der Waals surface area contributed by atoms with Crippen LogP contribution in [0.1, 0.15) is 43.9 Å². The summed E-state index contributed by atoms with van der Waals surface area (Å²) in [6.45, 7) is 3.31. The van der Waals surface area contributed by atoms with Crippen LogP contribution >= 0.6 is 22.9 Å². The van der Waals surface area contributed by atoms with Crippen LogP contribution in [0, 0.1) is 5.92 Å². The maximum Gasteiger partial charge on any atom is 0.225 e. The molecule has 2 fully saturated rings. The third-order valence-corrected chi connectivity index (χ3v) is 6.37. The number of anilines is 1. The molecule has 112 valence electrons. The standard InChI is InChI=1S/C16H20ClN3S/c1-2-11-9-12-14(18-16(17)19-15(12)21-11)20-8-7-10-5-3-4-6-13(10)20/h9-10,13H,2-8H2,1H3. The quantitative estimate of drug-likeness (QED) is 0.752. The van der Waals surface area contributed by atoms with Crippen LogP contribution < -0.4 is 4.90 Å². The number of aromatic nitrogens is 2. The van der Waals surface area contributed by atoms with Crippen LogP contribution in [0.4, 0.5) is 5.82 Å². The number of hydrogen-bond acceptors (Lipinski definition) is 4. The van der Waals surface area contributed by atoms with Crippen LogP contribution in [-0.2, 0) is 6.42 Å². The third kappa shape index (κ3) is 2.33. The number of nitrogens with zero attached hydrogens (tertiary/aromatic N) is 3. The van der Waals surface area contributed by atoms with E-state index in [1.807, 2.05) is 0 Å². The summed E-state index contributed by atoms with van der Waals surface area (Å²) in [5.74, 6) is 1.93. The van der Waals surface area contributed by atoms with Gasteiger partial charge in [0.1, 0.15) is 10.6 Å². The molecule has 1 aliphatic carbocycles. The molecule has 5 heteroatoms. The van der Waals surface area contributed by atoms with E-state index in [9.17, 15) is 0 Å². The molecule has 2 aromatic rings. The number of aryl methyl sites for hydroxylation is 1. The number of rotatable bonds is 2. The molecule has 0 N–H and O–H groups in total. The smallest absolute Gasteiger partial charge is 0.225 e. The Morgan fingerprint density at radius 2 is 2.14 bits per heavy atom. The highest BCUT2D eigenvalue weighted by molar-refractivity contribution is 7.18. The molecule has 0 amide bonds. The second-order valence-corrected chi connectivity index (χ2v) is 7.65. The van der Waals surface area contributed by atoms with E-state index in [1.54, 1.807) is 11.3 Å². The highest BCUT2D eigenvalue weighted by Gasteiger charge is 2.37. The molecule has 2 aliphatic rings. The van der Waals surface area contributed by atoms with E-state index >= 15 is 0 Å². The van der Waals surface area contributed by atoms with Gasteiger partial charge in [0.15, 0.2) is 0 Å². The zero-order valence-corrected chi connectivity index (χ0v) is 13.9. The Balaban J connectivity index is 1.80. The van der Waals surface area contributed by atoms with Gasteiger partial charge in [0.2, 0.25) is 5.28 Å². The number of halogens is 1. The Hall–Kier alpha value is -0.870. The summed E-state index contributed by atoms with van der Waals surface area (Å²) < 4.78 is 0. The minimum atomic E-state index is 0.390. The topological polar surface area (TPSA) is 29.0 Å². The highest BCUT2D eigenvalue weighted by Crippen LogP contribution is 2.41. The summed E-state index contributed by atoms with van der Waals surface area (Å²) in [4.78, 5) is 14.0. The summed E-state index contributed by atoms with van der Waals surface area (Å²) in [6.07, 6.45) is 7.78. The van der Waals surface area contributed by atoms with Crippen molar-refractivity contribution in [3.05, 3.63) is 16.2 Å². The van der Waals surface area contributed by atoms with Gasteiger partial charge in [-0.05, 0) is 49.3 Å². The van der Waals surface area contributed by atoms with Crippen LogP contribution in [0.2, 0.25) is 5.28 Å². The minimum Gasteiger partial charge on any atom is -0.353 e. The van der Waals surface area contributed by atoms with Gasteiger partial charge in [-0.15, -0.1) is 11.3 Å². The van der Waals surface area contributed by atoms with Crippen molar-refractivity contribution in [2.45, 2.75) is 51.5 Å². The number of thiophene rings is 1. The normalized spacial score (nSPS) is 25.5. The van der Waals surface area contributed by atoms with E-state index in [0.717, 1.165) is 29.5 Å². The van der Waals surface area contributed by atoms with Crippen LogP contribution in [0.5, 0.6) is 0 Å². The van der Waals surface area contributed by atoms with Gasteiger partial charge in [-0.3, -0.25) is 0 Å². The SMILES string of the molecule is CCc1cc2c(N3CCC4CCCCC43)nc(Cl)nc2s1. The average Bonchev–Trinajstić information content (AvgIpc) is 3.09. The van der Waals surface area contributed by atoms with Crippen LogP contribution in [0.15, 0.2) is 6.07 Å². The first-order chi connectivity index (χ1) is 10.3. The molecule has 0 spiro atoms.